The summed E-state index contributed by atoms with van der Waals surface area (Å²) in [6.45, 7) is 1.92. The van der Waals surface area contributed by atoms with Gasteiger partial charge in [0.1, 0.15) is 10.4 Å². The average molecular weight is 327 g/mol. The SMILES string of the molecule is COc1csc(C(=O)Nc2cnc(Br)c(C)c2)c1. The van der Waals surface area contributed by atoms with Crippen molar-refractivity contribution in [2.45, 2.75) is 6.92 Å². The van der Waals surface area contributed by atoms with E-state index in [0.29, 0.717) is 16.3 Å². The average Bonchev–Trinajstić information content (AvgIpc) is 2.82. The number of thiophene rings is 1. The van der Waals surface area contributed by atoms with Crippen molar-refractivity contribution in [3.8, 4) is 5.75 Å². The van der Waals surface area contributed by atoms with Crippen LogP contribution < -0.4 is 10.1 Å². The molecule has 0 bridgehead atoms. The zero-order valence-electron chi connectivity index (χ0n) is 9.86. The first-order chi connectivity index (χ1) is 8.60. The molecule has 0 fully saturated rings. The van der Waals surface area contributed by atoms with Gasteiger partial charge in [0.05, 0.1) is 23.9 Å². The Labute approximate surface area is 117 Å². The van der Waals surface area contributed by atoms with Crippen LogP contribution in [0.25, 0.3) is 0 Å². The van der Waals surface area contributed by atoms with Gasteiger partial charge in [-0.1, -0.05) is 0 Å². The van der Waals surface area contributed by atoms with Gasteiger partial charge in [-0.25, -0.2) is 4.98 Å². The van der Waals surface area contributed by atoms with E-state index < -0.39 is 0 Å². The van der Waals surface area contributed by atoms with Crippen LogP contribution in [0.2, 0.25) is 0 Å². The van der Waals surface area contributed by atoms with Crippen molar-refractivity contribution in [3.05, 3.63) is 38.8 Å². The molecular formula is C12H11BrN2O2S. The highest BCUT2D eigenvalue weighted by atomic mass is 79.9. The molecule has 0 aliphatic carbocycles. The van der Waals surface area contributed by atoms with E-state index in [2.05, 4.69) is 26.2 Å². The molecule has 2 rings (SSSR count). The predicted octanol–water partition coefficient (Wildman–Crippen LogP) is 3.47. The second-order valence-corrected chi connectivity index (χ2v) is 5.30. The fourth-order valence-corrected chi connectivity index (χ4v) is 2.33. The third-order valence-corrected chi connectivity index (χ3v) is 4.04. The van der Waals surface area contributed by atoms with Crippen molar-refractivity contribution in [3.63, 3.8) is 0 Å². The lowest BCUT2D eigenvalue weighted by molar-refractivity contribution is 0.103. The maximum atomic E-state index is 11.9. The van der Waals surface area contributed by atoms with Crippen LogP contribution in [0.5, 0.6) is 5.75 Å². The number of amides is 1. The minimum Gasteiger partial charge on any atom is -0.496 e. The Kier molecular flexibility index (Phi) is 3.98. The highest BCUT2D eigenvalue weighted by Gasteiger charge is 2.10. The van der Waals surface area contributed by atoms with Crippen molar-refractivity contribution in [2.75, 3.05) is 12.4 Å². The highest BCUT2D eigenvalue weighted by Crippen LogP contribution is 2.23. The molecule has 94 valence electrons. The molecule has 2 aromatic rings. The van der Waals surface area contributed by atoms with Gasteiger partial charge in [0, 0.05) is 11.4 Å². The number of anilines is 1. The molecule has 18 heavy (non-hydrogen) atoms. The summed E-state index contributed by atoms with van der Waals surface area (Å²) in [4.78, 5) is 16.7. The summed E-state index contributed by atoms with van der Waals surface area (Å²) in [6, 6.07) is 3.57. The van der Waals surface area contributed by atoms with Crippen molar-refractivity contribution < 1.29 is 9.53 Å². The molecule has 0 saturated carbocycles. The standard InChI is InChI=1S/C12H11BrN2O2S/c1-7-3-8(5-14-11(7)13)15-12(16)10-4-9(17-2)6-18-10/h3-6H,1-2H3,(H,15,16). The minimum absolute atomic E-state index is 0.160. The summed E-state index contributed by atoms with van der Waals surface area (Å²) in [7, 11) is 1.58. The molecule has 1 amide bonds. The normalized spacial score (nSPS) is 10.2. The van der Waals surface area contributed by atoms with Crippen molar-refractivity contribution >= 4 is 38.9 Å². The Balaban J connectivity index is 2.13. The second-order valence-electron chi connectivity index (χ2n) is 3.64. The minimum atomic E-state index is -0.160. The zero-order valence-corrected chi connectivity index (χ0v) is 12.3. The quantitative estimate of drug-likeness (QED) is 0.878. The molecule has 6 heteroatoms. The third-order valence-electron chi connectivity index (χ3n) is 2.31. The smallest absolute Gasteiger partial charge is 0.265 e. The van der Waals surface area contributed by atoms with E-state index in [-0.39, 0.29) is 5.91 Å². The molecule has 2 aromatic heterocycles. The number of aromatic nitrogens is 1. The molecule has 0 aliphatic heterocycles. The van der Waals surface area contributed by atoms with E-state index in [1.807, 2.05) is 13.0 Å². The molecule has 0 unspecified atom stereocenters. The number of hydrogen-bond donors (Lipinski definition) is 1. The lowest BCUT2D eigenvalue weighted by atomic mass is 10.3. The summed E-state index contributed by atoms with van der Waals surface area (Å²) in [6.07, 6.45) is 1.61. The summed E-state index contributed by atoms with van der Waals surface area (Å²) in [5.74, 6) is 0.530. The van der Waals surface area contributed by atoms with E-state index in [1.165, 1.54) is 11.3 Å². The Bertz CT molecular complexity index is 583. The number of ether oxygens (including phenoxy) is 1. The first-order valence-electron chi connectivity index (χ1n) is 5.16. The van der Waals surface area contributed by atoms with Gasteiger partial charge in [0.2, 0.25) is 0 Å². The van der Waals surface area contributed by atoms with Gasteiger partial charge in [-0.15, -0.1) is 11.3 Å². The number of pyridine rings is 1. The maximum Gasteiger partial charge on any atom is 0.265 e. The van der Waals surface area contributed by atoms with Crippen LogP contribution in [0.3, 0.4) is 0 Å². The summed E-state index contributed by atoms with van der Waals surface area (Å²) in [5, 5.41) is 4.59. The maximum absolute atomic E-state index is 11.9. The van der Waals surface area contributed by atoms with Crippen molar-refractivity contribution in [1.29, 1.82) is 0 Å². The molecule has 4 nitrogen and oxygen atoms in total. The van der Waals surface area contributed by atoms with Crippen molar-refractivity contribution in [1.82, 2.24) is 4.98 Å². The van der Waals surface area contributed by atoms with E-state index in [4.69, 9.17) is 4.74 Å². The van der Waals surface area contributed by atoms with Crippen LogP contribution >= 0.6 is 27.3 Å². The number of nitrogens with zero attached hydrogens (tertiary/aromatic N) is 1. The topological polar surface area (TPSA) is 51.2 Å². The number of carbonyl (C=O) groups excluding carboxylic acids is 1. The van der Waals surface area contributed by atoms with Crippen LogP contribution in [0.1, 0.15) is 15.2 Å². The summed E-state index contributed by atoms with van der Waals surface area (Å²) >= 11 is 4.66. The van der Waals surface area contributed by atoms with E-state index in [0.717, 1.165) is 10.2 Å². The Morgan fingerprint density at radius 3 is 2.89 bits per heavy atom. The fourth-order valence-electron chi connectivity index (χ4n) is 1.36. The molecule has 0 saturated heterocycles. The van der Waals surface area contributed by atoms with Crippen LogP contribution in [0.4, 0.5) is 5.69 Å². The Hall–Kier alpha value is -1.40. The molecular weight excluding hydrogens is 316 g/mol. The summed E-state index contributed by atoms with van der Waals surface area (Å²) < 4.78 is 5.82. The number of rotatable bonds is 3. The van der Waals surface area contributed by atoms with Gasteiger partial charge in [-0.3, -0.25) is 4.79 Å². The Morgan fingerprint density at radius 1 is 1.50 bits per heavy atom. The first kappa shape index (κ1) is 13.0. The predicted molar refractivity (Wildman–Crippen MR) is 75.5 cm³/mol. The van der Waals surface area contributed by atoms with Crippen LogP contribution in [0.15, 0.2) is 28.3 Å². The molecule has 0 radical (unpaired) electrons. The number of nitrogens with one attached hydrogen (secondary N) is 1. The van der Waals surface area contributed by atoms with E-state index in [9.17, 15) is 4.79 Å². The fraction of sp³-hybridized carbons (Fsp3) is 0.167. The third kappa shape index (κ3) is 2.88. The highest BCUT2D eigenvalue weighted by molar-refractivity contribution is 9.10. The number of halogens is 1. The molecule has 0 atom stereocenters. The molecule has 0 aliphatic rings. The molecule has 0 spiro atoms. The monoisotopic (exact) mass is 326 g/mol. The van der Waals surface area contributed by atoms with Gasteiger partial charge >= 0.3 is 0 Å². The molecule has 1 N–H and O–H groups in total. The lowest BCUT2D eigenvalue weighted by Gasteiger charge is -2.04. The van der Waals surface area contributed by atoms with Crippen LogP contribution in [-0.4, -0.2) is 18.0 Å². The molecule has 2 heterocycles. The lowest BCUT2D eigenvalue weighted by Crippen LogP contribution is -2.10. The van der Waals surface area contributed by atoms with E-state index in [1.54, 1.807) is 24.8 Å². The van der Waals surface area contributed by atoms with Gasteiger partial charge in [0.25, 0.3) is 5.91 Å². The number of carbonyl (C=O) groups is 1. The van der Waals surface area contributed by atoms with Gasteiger partial charge in [0.15, 0.2) is 0 Å². The van der Waals surface area contributed by atoms with Gasteiger partial charge in [-0.05, 0) is 34.5 Å². The molecule has 0 aromatic carbocycles. The first-order valence-corrected chi connectivity index (χ1v) is 6.83. The summed E-state index contributed by atoms with van der Waals surface area (Å²) in [5.41, 5.74) is 1.64. The number of hydrogen-bond acceptors (Lipinski definition) is 4. The van der Waals surface area contributed by atoms with Crippen molar-refractivity contribution in [2.24, 2.45) is 0 Å². The van der Waals surface area contributed by atoms with Crippen LogP contribution in [0, 0.1) is 6.92 Å². The zero-order chi connectivity index (χ0) is 13.1. The van der Waals surface area contributed by atoms with E-state index >= 15 is 0 Å². The number of methoxy groups -OCH3 is 1. The number of aryl methyl sites for hydroxylation is 1. The Morgan fingerprint density at radius 2 is 2.28 bits per heavy atom. The largest absolute Gasteiger partial charge is 0.496 e. The second kappa shape index (κ2) is 5.49. The van der Waals surface area contributed by atoms with Crippen LogP contribution in [-0.2, 0) is 0 Å². The van der Waals surface area contributed by atoms with Gasteiger partial charge in [-0.2, -0.15) is 0 Å². The van der Waals surface area contributed by atoms with Gasteiger partial charge < -0.3 is 10.1 Å².